The van der Waals surface area contributed by atoms with Crippen LogP contribution < -0.4 is 0 Å². The number of hydrogen-bond acceptors (Lipinski definition) is 5. The zero-order valence-electron chi connectivity index (χ0n) is 12.2. The minimum absolute atomic E-state index is 0.211. The Bertz CT molecular complexity index is 658. The molecule has 1 N–H and O–H groups in total. The molecule has 3 rings (SSSR count). The fourth-order valence-electron chi connectivity index (χ4n) is 2.08. The van der Waals surface area contributed by atoms with Crippen LogP contribution in [0, 0.1) is 0 Å². The molecule has 22 heavy (non-hydrogen) atoms. The summed E-state index contributed by atoms with van der Waals surface area (Å²) in [6.45, 7) is 0.0132. The van der Waals surface area contributed by atoms with Crippen LogP contribution in [0.25, 0.3) is 0 Å². The topological polar surface area (TPSA) is 88.4 Å². The molecule has 2 aromatic heterocycles. The van der Waals surface area contributed by atoms with Gasteiger partial charge in [-0.3, -0.25) is 9.89 Å². The van der Waals surface area contributed by atoms with Crippen LogP contribution in [0.15, 0.2) is 28.9 Å². The molecule has 0 radical (unpaired) electrons. The molecule has 116 valence electrons. The van der Waals surface area contributed by atoms with E-state index in [-0.39, 0.29) is 18.2 Å². The summed E-state index contributed by atoms with van der Waals surface area (Å²) in [4.78, 5) is 25.2. The van der Waals surface area contributed by atoms with Gasteiger partial charge >= 0.3 is 5.97 Å². The van der Waals surface area contributed by atoms with Gasteiger partial charge in [0.05, 0.1) is 12.8 Å². The second-order valence-electron chi connectivity index (χ2n) is 5.39. The van der Waals surface area contributed by atoms with E-state index in [0.717, 1.165) is 18.5 Å². The normalized spacial score (nSPS) is 13.9. The number of esters is 1. The molecule has 1 amide bonds. The van der Waals surface area contributed by atoms with Gasteiger partial charge in [-0.15, -0.1) is 0 Å². The maximum atomic E-state index is 11.9. The standard InChI is InChI=1S/C15H17N3O4/c1-18(8-11-3-2-6-21-11)14(19)9-22-15(20)13-7-12(16-17-13)10-4-5-10/h2-3,6-7,10H,4-5,8-9H2,1H3,(H,16,17). The fourth-order valence-corrected chi connectivity index (χ4v) is 2.08. The fraction of sp³-hybridized carbons (Fsp3) is 0.400. The van der Waals surface area contributed by atoms with Crippen molar-refractivity contribution < 1.29 is 18.7 Å². The van der Waals surface area contributed by atoms with E-state index in [0.29, 0.717) is 18.2 Å². The Hall–Kier alpha value is -2.57. The lowest BCUT2D eigenvalue weighted by Gasteiger charge is -2.15. The molecule has 7 nitrogen and oxygen atoms in total. The highest BCUT2D eigenvalue weighted by atomic mass is 16.5. The third-order valence-corrected chi connectivity index (χ3v) is 3.55. The number of aromatic nitrogens is 2. The third-order valence-electron chi connectivity index (χ3n) is 3.55. The van der Waals surface area contributed by atoms with Crippen molar-refractivity contribution in [3.63, 3.8) is 0 Å². The number of carbonyl (C=O) groups is 2. The first-order valence-electron chi connectivity index (χ1n) is 7.12. The van der Waals surface area contributed by atoms with E-state index >= 15 is 0 Å². The Morgan fingerprint density at radius 2 is 2.32 bits per heavy atom. The van der Waals surface area contributed by atoms with Crippen LogP contribution >= 0.6 is 0 Å². The quantitative estimate of drug-likeness (QED) is 0.820. The van der Waals surface area contributed by atoms with E-state index in [4.69, 9.17) is 9.15 Å². The van der Waals surface area contributed by atoms with E-state index in [1.165, 1.54) is 4.90 Å². The molecule has 0 aromatic carbocycles. The molecule has 1 saturated carbocycles. The average molecular weight is 303 g/mol. The van der Waals surface area contributed by atoms with Crippen molar-refractivity contribution >= 4 is 11.9 Å². The van der Waals surface area contributed by atoms with Crippen molar-refractivity contribution in [3.8, 4) is 0 Å². The highest BCUT2D eigenvalue weighted by Crippen LogP contribution is 2.39. The van der Waals surface area contributed by atoms with E-state index in [1.807, 2.05) is 0 Å². The molecule has 1 aliphatic rings. The predicted molar refractivity (Wildman–Crippen MR) is 76.0 cm³/mol. The lowest BCUT2D eigenvalue weighted by Crippen LogP contribution is -2.30. The van der Waals surface area contributed by atoms with Crippen LogP contribution in [0.2, 0.25) is 0 Å². The maximum Gasteiger partial charge on any atom is 0.359 e. The van der Waals surface area contributed by atoms with Crippen LogP contribution in [0.3, 0.4) is 0 Å². The first-order valence-corrected chi connectivity index (χ1v) is 7.12. The number of amides is 1. The van der Waals surface area contributed by atoms with Gasteiger partial charge in [0, 0.05) is 18.7 Å². The Morgan fingerprint density at radius 1 is 1.50 bits per heavy atom. The molecule has 1 fully saturated rings. The number of nitrogens with zero attached hydrogens (tertiary/aromatic N) is 2. The summed E-state index contributed by atoms with van der Waals surface area (Å²) in [7, 11) is 1.62. The molecule has 0 aliphatic heterocycles. The monoisotopic (exact) mass is 303 g/mol. The Kier molecular flexibility index (Phi) is 3.95. The van der Waals surface area contributed by atoms with Gasteiger partial charge in [-0.25, -0.2) is 4.79 Å². The number of furan rings is 1. The molecule has 0 saturated heterocycles. The first kappa shape index (κ1) is 14.4. The number of aromatic amines is 1. The zero-order chi connectivity index (χ0) is 15.5. The van der Waals surface area contributed by atoms with Crippen LogP contribution in [0.4, 0.5) is 0 Å². The van der Waals surface area contributed by atoms with Gasteiger partial charge in [-0.1, -0.05) is 0 Å². The first-order chi connectivity index (χ1) is 10.6. The number of ether oxygens (including phenoxy) is 1. The van der Waals surface area contributed by atoms with Crippen molar-refractivity contribution in [2.45, 2.75) is 25.3 Å². The van der Waals surface area contributed by atoms with Gasteiger partial charge in [0.2, 0.25) is 0 Å². The second kappa shape index (κ2) is 6.05. The number of likely N-dealkylation sites (N-methyl/N-ethyl adjacent to an activating group) is 1. The molecule has 2 heterocycles. The van der Waals surface area contributed by atoms with Crippen LogP contribution in [-0.4, -0.2) is 40.6 Å². The van der Waals surface area contributed by atoms with Crippen LogP contribution in [0.1, 0.15) is 40.7 Å². The maximum absolute atomic E-state index is 11.9. The number of hydrogen-bond donors (Lipinski definition) is 1. The van der Waals surface area contributed by atoms with Crippen LogP contribution in [0.5, 0.6) is 0 Å². The zero-order valence-corrected chi connectivity index (χ0v) is 12.2. The van der Waals surface area contributed by atoms with Crippen molar-refractivity contribution in [3.05, 3.63) is 41.6 Å². The molecular formula is C15H17N3O4. The lowest BCUT2D eigenvalue weighted by atomic mass is 10.3. The van der Waals surface area contributed by atoms with Gasteiger partial charge in [0.1, 0.15) is 5.76 Å². The minimum atomic E-state index is -0.595. The summed E-state index contributed by atoms with van der Waals surface area (Å²) < 4.78 is 10.2. The molecule has 0 atom stereocenters. The lowest BCUT2D eigenvalue weighted by molar-refractivity contribution is -0.134. The second-order valence-corrected chi connectivity index (χ2v) is 5.39. The van der Waals surface area contributed by atoms with Crippen molar-refractivity contribution in [2.24, 2.45) is 0 Å². The molecule has 1 aliphatic carbocycles. The van der Waals surface area contributed by atoms with Gasteiger partial charge in [0.15, 0.2) is 12.3 Å². The van der Waals surface area contributed by atoms with Gasteiger partial charge in [-0.2, -0.15) is 5.10 Å². The summed E-state index contributed by atoms with van der Waals surface area (Å²) in [5, 5.41) is 6.75. The Balaban J connectivity index is 1.48. The smallest absolute Gasteiger partial charge is 0.359 e. The molecule has 2 aromatic rings. The highest BCUT2D eigenvalue weighted by molar-refractivity contribution is 5.89. The highest BCUT2D eigenvalue weighted by Gasteiger charge is 2.27. The molecule has 0 spiro atoms. The summed E-state index contributed by atoms with van der Waals surface area (Å²) in [6.07, 6.45) is 3.78. The summed E-state index contributed by atoms with van der Waals surface area (Å²) in [5.74, 6) is 0.254. The van der Waals surface area contributed by atoms with E-state index < -0.39 is 5.97 Å². The van der Waals surface area contributed by atoms with E-state index in [2.05, 4.69) is 10.2 Å². The van der Waals surface area contributed by atoms with Gasteiger partial charge in [0.25, 0.3) is 5.91 Å². The summed E-state index contributed by atoms with van der Waals surface area (Å²) >= 11 is 0. The largest absolute Gasteiger partial charge is 0.467 e. The molecule has 0 bridgehead atoms. The van der Waals surface area contributed by atoms with Crippen LogP contribution in [-0.2, 0) is 16.1 Å². The van der Waals surface area contributed by atoms with Crippen molar-refractivity contribution in [1.29, 1.82) is 0 Å². The minimum Gasteiger partial charge on any atom is -0.467 e. The number of rotatable bonds is 6. The summed E-state index contributed by atoms with van der Waals surface area (Å²) in [6, 6.07) is 5.22. The van der Waals surface area contributed by atoms with Crippen molar-refractivity contribution in [2.75, 3.05) is 13.7 Å². The predicted octanol–water partition coefficient (Wildman–Crippen LogP) is 1.70. The van der Waals surface area contributed by atoms with E-state index in [9.17, 15) is 9.59 Å². The summed E-state index contributed by atoms with van der Waals surface area (Å²) in [5.41, 5.74) is 1.16. The SMILES string of the molecule is CN(Cc1ccco1)C(=O)COC(=O)c1cc(C2CC2)[nH]n1. The Labute approximate surface area is 127 Å². The number of nitrogens with one attached hydrogen (secondary N) is 1. The van der Waals surface area contributed by atoms with E-state index in [1.54, 1.807) is 31.5 Å². The number of carbonyl (C=O) groups excluding carboxylic acids is 2. The van der Waals surface area contributed by atoms with Gasteiger partial charge < -0.3 is 14.1 Å². The van der Waals surface area contributed by atoms with Crippen molar-refractivity contribution in [1.82, 2.24) is 15.1 Å². The molecule has 7 heteroatoms. The Morgan fingerprint density at radius 3 is 3.00 bits per heavy atom. The molecular weight excluding hydrogens is 286 g/mol. The average Bonchev–Trinajstić information content (AvgIpc) is 3.02. The molecule has 0 unspecified atom stereocenters. The third kappa shape index (κ3) is 3.36. The number of H-pyrrole nitrogens is 1. The van der Waals surface area contributed by atoms with Gasteiger partial charge in [-0.05, 0) is 31.0 Å².